The number of rotatable bonds is 3. The van der Waals surface area contributed by atoms with E-state index in [2.05, 4.69) is 28.2 Å². The number of hydrogen-bond acceptors (Lipinski definition) is 4. The number of ether oxygens (including phenoxy) is 1. The first-order valence-corrected chi connectivity index (χ1v) is 10.3. The number of benzene rings is 1. The molecule has 2 aliphatic rings. The zero-order chi connectivity index (χ0) is 17.5. The first-order chi connectivity index (χ1) is 11.3. The lowest BCUT2D eigenvalue weighted by Crippen LogP contribution is -2.39. The Hall–Kier alpha value is -1.12. The maximum absolute atomic E-state index is 13.0. The third-order valence-corrected chi connectivity index (χ3v) is 7.69. The molecular formula is C16H21BrN2O4S. The average molecular weight is 417 g/mol. The van der Waals surface area contributed by atoms with Crippen molar-refractivity contribution in [2.24, 2.45) is 5.92 Å². The maximum atomic E-state index is 13.0. The number of fused-ring (bicyclic) bond motifs is 1. The lowest BCUT2D eigenvalue weighted by Gasteiger charge is -2.33. The number of sulfonamides is 1. The van der Waals surface area contributed by atoms with Gasteiger partial charge in [-0.05, 0) is 53.6 Å². The van der Waals surface area contributed by atoms with Gasteiger partial charge in [-0.15, -0.1) is 0 Å². The van der Waals surface area contributed by atoms with Crippen molar-refractivity contribution in [1.29, 1.82) is 0 Å². The standard InChI is InChI=1S/C16H21BrN2O4S/c1-10-3-5-11(6-4-10)19(2)24(21,22)15-8-14-13(7-12(15)17)18-16(20)9-23-14/h7-8,10-11H,3-6,9H2,1-2H3,(H,18,20). The number of hydrogen-bond donors (Lipinski definition) is 1. The van der Waals surface area contributed by atoms with Crippen molar-refractivity contribution < 1.29 is 17.9 Å². The molecule has 1 aromatic carbocycles. The summed E-state index contributed by atoms with van der Waals surface area (Å²) < 4.78 is 33.3. The van der Waals surface area contributed by atoms with Crippen molar-refractivity contribution in [2.75, 3.05) is 19.0 Å². The summed E-state index contributed by atoms with van der Waals surface area (Å²) in [6.45, 7) is 2.10. The molecule has 1 aliphatic carbocycles. The molecule has 0 spiro atoms. The van der Waals surface area contributed by atoms with Crippen molar-refractivity contribution in [3.05, 3.63) is 16.6 Å². The van der Waals surface area contributed by atoms with E-state index in [4.69, 9.17) is 4.74 Å². The highest BCUT2D eigenvalue weighted by Crippen LogP contribution is 2.38. The molecule has 1 aliphatic heterocycles. The second-order valence-corrected chi connectivity index (χ2v) is 9.37. The summed E-state index contributed by atoms with van der Waals surface area (Å²) in [5.41, 5.74) is 0.478. The largest absolute Gasteiger partial charge is 0.482 e. The van der Waals surface area contributed by atoms with Crippen molar-refractivity contribution >= 4 is 37.5 Å². The van der Waals surface area contributed by atoms with Crippen LogP contribution in [0, 0.1) is 5.92 Å². The molecule has 0 aromatic heterocycles. The van der Waals surface area contributed by atoms with Crippen LogP contribution in [0.4, 0.5) is 5.69 Å². The van der Waals surface area contributed by atoms with Crippen LogP contribution in [0.2, 0.25) is 0 Å². The number of nitrogens with zero attached hydrogens (tertiary/aromatic N) is 1. The third-order valence-electron chi connectivity index (χ3n) is 4.82. The van der Waals surface area contributed by atoms with E-state index in [-0.39, 0.29) is 23.5 Å². The van der Waals surface area contributed by atoms with E-state index >= 15 is 0 Å². The lowest BCUT2D eigenvalue weighted by atomic mass is 9.87. The molecule has 0 radical (unpaired) electrons. The summed E-state index contributed by atoms with van der Waals surface area (Å²) in [5, 5.41) is 2.67. The maximum Gasteiger partial charge on any atom is 0.262 e. The number of amides is 1. The van der Waals surface area contributed by atoms with E-state index in [9.17, 15) is 13.2 Å². The van der Waals surface area contributed by atoms with Crippen molar-refractivity contribution in [3.63, 3.8) is 0 Å². The van der Waals surface area contributed by atoms with Gasteiger partial charge in [0.15, 0.2) is 6.61 Å². The minimum absolute atomic E-state index is 0.0229. The molecule has 8 heteroatoms. The summed E-state index contributed by atoms with van der Waals surface area (Å²) in [6, 6.07) is 3.08. The molecule has 1 amide bonds. The van der Waals surface area contributed by atoms with Gasteiger partial charge < -0.3 is 10.1 Å². The van der Waals surface area contributed by atoms with Gasteiger partial charge in [0, 0.05) is 23.6 Å². The van der Waals surface area contributed by atoms with Crippen LogP contribution in [0.15, 0.2) is 21.5 Å². The van der Waals surface area contributed by atoms with E-state index < -0.39 is 10.0 Å². The fourth-order valence-corrected chi connectivity index (χ4v) is 5.67. The summed E-state index contributed by atoms with van der Waals surface area (Å²) in [6.07, 6.45) is 3.86. The molecule has 0 atom stereocenters. The Morgan fingerprint density at radius 3 is 2.58 bits per heavy atom. The molecule has 24 heavy (non-hydrogen) atoms. The van der Waals surface area contributed by atoms with Crippen LogP contribution >= 0.6 is 15.9 Å². The van der Waals surface area contributed by atoms with E-state index in [1.165, 1.54) is 10.4 Å². The number of nitrogens with one attached hydrogen (secondary N) is 1. The molecule has 0 saturated heterocycles. The van der Waals surface area contributed by atoms with Crippen molar-refractivity contribution in [1.82, 2.24) is 4.31 Å². The molecule has 6 nitrogen and oxygen atoms in total. The number of carbonyl (C=O) groups is 1. The van der Waals surface area contributed by atoms with Crippen LogP contribution in [0.5, 0.6) is 5.75 Å². The molecule has 0 unspecified atom stereocenters. The third kappa shape index (κ3) is 3.32. The van der Waals surface area contributed by atoms with Crippen LogP contribution in [-0.2, 0) is 14.8 Å². The summed E-state index contributed by atoms with van der Waals surface area (Å²) in [5.74, 6) is 0.783. The Morgan fingerprint density at radius 1 is 1.25 bits per heavy atom. The van der Waals surface area contributed by atoms with E-state index in [0.717, 1.165) is 25.7 Å². The molecule has 1 fully saturated rings. The summed E-state index contributed by atoms with van der Waals surface area (Å²) in [4.78, 5) is 11.5. The van der Waals surface area contributed by atoms with Gasteiger partial charge in [0.05, 0.1) is 5.69 Å². The Morgan fingerprint density at radius 2 is 1.92 bits per heavy atom. The van der Waals surface area contributed by atoms with Gasteiger partial charge in [0.25, 0.3) is 5.91 Å². The van der Waals surface area contributed by atoms with E-state index in [0.29, 0.717) is 21.8 Å². The molecule has 0 bridgehead atoms. The van der Waals surface area contributed by atoms with Crippen LogP contribution in [0.1, 0.15) is 32.6 Å². The minimum atomic E-state index is -3.64. The van der Waals surface area contributed by atoms with Gasteiger partial charge in [-0.1, -0.05) is 6.92 Å². The second kappa shape index (κ2) is 6.65. The Kier molecular flexibility index (Phi) is 4.90. The van der Waals surface area contributed by atoms with Gasteiger partial charge in [-0.3, -0.25) is 4.79 Å². The quantitative estimate of drug-likeness (QED) is 0.821. The topological polar surface area (TPSA) is 75.7 Å². The fourth-order valence-electron chi connectivity index (χ4n) is 3.24. The van der Waals surface area contributed by atoms with E-state index in [1.807, 2.05) is 0 Å². The summed E-state index contributed by atoms with van der Waals surface area (Å²) >= 11 is 3.32. The smallest absolute Gasteiger partial charge is 0.262 e. The first kappa shape index (κ1) is 17.7. The number of anilines is 1. The highest BCUT2D eigenvalue weighted by atomic mass is 79.9. The lowest BCUT2D eigenvalue weighted by molar-refractivity contribution is -0.118. The van der Waals surface area contributed by atoms with Gasteiger partial charge >= 0.3 is 0 Å². The van der Waals surface area contributed by atoms with Crippen LogP contribution in [0.3, 0.4) is 0 Å². The van der Waals surface area contributed by atoms with Crippen molar-refractivity contribution in [3.8, 4) is 5.75 Å². The monoisotopic (exact) mass is 416 g/mol. The van der Waals surface area contributed by atoms with Crippen LogP contribution < -0.4 is 10.1 Å². The fraction of sp³-hybridized carbons (Fsp3) is 0.562. The van der Waals surface area contributed by atoms with Crippen molar-refractivity contribution in [2.45, 2.75) is 43.5 Å². The predicted molar refractivity (Wildman–Crippen MR) is 94.6 cm³/mol. The van der Waals surface area contributed by atoms with Crippen LogP contribution in [0.25, 0.3) is 0 Å². The molecule has 1 saturated carbocycles. The van der Waals surface area contributed by atoms with Gasteiger partial charge in [-0.25, -0.2) is 8.42 Å². The SMILES string of the molecule is CC1CCC(N(C)S(=O)(=O)c2cc3c(cc2Br)NC(=O)CO3)CC1. The highest BCUT2D eigenvalue weighted by molar-refractivity contribution is 9.10. The second-order valence-electron chi connectivity index (χ2n) is 6.55. The molecule has 3 rings (SSSR count). The summed E-state index contributed by atoms with van der Waals surface area (Å²) in [7, 11) is -2.00. The van der Waals surface area contributed by atoms with Crippen LogP contribution in [-0.4, -0.2) is 38.3 Å². The molecule has 1 N–H and O–H groups in total. The van der Waals surface area contributed by atoms with Gasteiger partial charge in [0.1, 0.15) is 10.6 Å². The normalized spacial score (nSPS) is 24.2. The number of carbonyl (C=O) groups excluding carboxylic acids is 1. The predicted octanol–water partition coefficient (Wildman–Crippen LogP) is 2.98. The molecule has 1 heterocycles. The zero-order valence-corrected chi connectivity index (χ0v) is 16.1. The Balaban J connectivity index is 1.91. The zero-order valence-electron chi connectivity index (χ0n) is 13.7. The van der Waals surface area contributed by atoms with Gasteiger partial charge in [0.2, 0.25) is 10.0 Å². The minimum Gasteiger partial charge on any atom is -0.482 e. The molecule has 132 valence electrons. The Bertz CT molecular complexity index is 758. The van der Waals surface area contributed by atoms with E-state index in [1.54, 1.807) is 13.1 Å². The average Bonchev–Trinajstić information content (AvgIpc) is 2.54. The van der Waals surface area contributed by atoms with Gasteiger partial charge in [-0.2, -0.15) is 4.31 Å². The molecule has 1 aromatic rings. The first-order valence-electron chi connectivity index (χ1n) is 8.03. The number of halogens is 1. The molecular weight excluding hydrogens is 396 g/mol. The highest BCUT2D eigenvalue weighted by Gasteiger charge is 2.33. The Labute approximate surface area is 150 Å².